The van der Waals surface area contributed by atoms with Crippen molar-refractivity contribution in [2.24, 2.45) is 7.05 Å². The number of nitrogens with one attached hydrogen (secondary N) is 1. The largest absolute Gasteiger partial charge is 0.428 e. The Balaban J connectivity index is 1.83. The van der Waals surface area contributed by atoms with Gasteiger partial charge in [-0.05, 0) is 42.5 Å². The van der Waals surface area contributed by atoms with Crippen LogP contribution in [0.1, 0.15) is 5.69 Å². The molecule has 3 N–H and O–H groups in total. The maximum atomic E-state index is 14.2. The maximum absolute atomic E-state index is 14.2. The predicted molar refractivity (Wildman–Crippen MR) is 120 cm³/mol. The van der Waals surface area contributed by atoms with Crippen molar-refractivity contribution in [1.82, 2.24) is 24.3 Å². The number of aromatic nitrogens is 6. The van der Waals surface area contributed by atoms with Crippen LogP contribution in [0.25, 0.3) is 28.0 Å². The standard InChI is InChI=1S/C23H17F2N7O2/c1-30-11-14(6-9-18(30)33)19-20(13-4-7-15(24)8-5-13)28-22(26)32-21(19)29-31(23(32)34)12-17-16(25)3-2-10-27-17/h2-11H,12H2,1H3,(H2,26,28,29)/p+1. The van der Waals surface area contributed by atoms with Crippen molar-refractivity contribution in [3.8, 4) is 22.4 Å². The fraction of sp³-hybridized carbons (Fsp3) is 0.0870. The van der Waals surface area contributed by atoms with Gasteiger partial charge < -0.3 is 10.3 Å². The summed E-state index contributed by atoms with van der Waals surface area (Å²) >= 11 is 0. The molecule has 4 heterocycles. The quantitative estimate of drug-likeness (QED) is 0.394. The molecular weight excluding hydrogens is 444 g/mol. The van der Waals surface area contributed by atoms with Crippen molar-refractivity contribution in [1.29, 1.82) is 0 Å². The third kappa shape index (κ3) is 3.52. The van der Waals surface area contributed by atoms with Crippen LogP contribution >= 0.6 is 0 Å². The molecule has 0 aliphatic rings. The normalized spacial score (nSPS) is 11.3. The highest BCUT2D eigenvalue weighted by atomic mass is 19.1. The van der Waals surface area contributed by atoms with Crippen LogP contribution in [-0.2, 0) is 13.6 Å². The molecule has 0 radical (unpaired) electrons. The Morgan fingerprint density at radius 3 is 2.50 bits per heavy atom. The number of nitrogen functional groups attached to an aromatic ring is 1. The molecule has 0 spiro atoms. The monoisotopic (exact) mass is 462 g/mol. The summed E-state index contributed by atoms with van der Waals surface area (Å²) in [4.78, 5) is 33.6. The number of benzene rings is 1. The van der Waals surface area contributed by atoms with Gasteiger partial charge in [0.2, 0.25) is 11.2 Å². The Morgan fingerprint density at radius 2 is 1.79 bits per heavy atom. The molecule has 0 amide bonds. The SMILES string of the molecule is Cn1cc(-c2c(-c3ccc(F)cc3)nc(N)[n+]3c(=O)n(Cc4ncccc4F)[nH]c23)ccc1=O. The Kier molecular flexibility index (Phi) is 5.01. The smallest absolute Gasteiger partial charge is 0.319 e. The molecule has 0 unspecified atom stereocenters. The third-order valence-electron chi connectivity index (χ3n) is 5.45. The highest BCUT2D eigenvalue weighted by molar-refractivity contribution is 5.88. The van der Waals surface area contributed by atoms with Crippen molar-refractivity contribution < 1.29 is 13.2 Å². The van der Waals surface area contributed by atoms with Crippen LogP contribution < -0.4 is 21.4 Å². The minimum Gasteiger partial charge on any atom is -0.319 e. The van der Waals surface area contributed by atoms with E-state index in [1.54, 1.807) is 19.3 Å². The van der Waals surface area contributed by atoms with E-state index >= 15 is 0 Å². The predicted octanol–water partition coefficient (Wildman–Crippen LogP) is 1.65. The number of nitrogens with two attached hydrogens (primary N) is 1. The third-order valence-corrected chi connectivity index (χ3v) is 5.45. The zero-order valence-electron chi connectivity index (χ0n) is 17.9. The fourth-order valence-corrected chi connectivity index (χ4v) is 3.78. The molecule has 170 valence electrons. The summed E-state index contributed by atoms with van der Waals surface area (Å²) in [6, 6.07) is 11.3. The molecule has 0 atom stereocenters. The lowest BCUT2D eigenvalue weighted by Crippen LogP contribution is -2.44. The highest BCUT2D eigenvalue weighted by Gasteiger charge is 2.26. The molecule has 0 aliphatic heterocycles. The van der Waals surface area contributed by atoms with E-state index in [-0.39, 0.29) is 29.4 Å². The Labute approximate surface area is 190 Å². The molecule has 1 aromatic carbocycles. The van der Waals surface area contributed by atoms with E-state index in [0.717, 1.165) is 4.40 Å². The van der Waals surface area contributed by atoms with Gasteiger partial charge in [0.25, 0.3) is 0 Å². The van der Waals surface area contributed by atoms with Gasteiger partial charge in [-0.3, -0.25) is 9.78 Å². The average molecular weight is 462 g/mol. The average Bonchev–Trinajstić information content (AvgIpc) is 3.14. The van der Waals surface area contributed by atoms with Crippen LogP contribution in [0.15, 0.2) is 70.5 Å². The molecule has 34 heavy (non-hydrogen) atoms. The van der Waals surface area contributed by atoms with Gasteiger partial charge in [0.15, 0.2) is 0 Å². The van der Waals surface area contributed by atoms with Gasteiger partial charge in [0.05, 0.1) is 5.56 Å². The summed E-state index contributed by atoms with van der Waals surface area (Å²) in [6.07, 6.45) is 3.02. The molecule has 5 aromatic rings. The number of pyridine rings is 2. The summed E-state index contributed by atoms with van der Waals surface area (Å²) in [7, 11) is 1.59. The molecule has 0 bridgehead atoms. The number of halogens is 2. The molecule has 9 nitrogen and oxygen atoms in total. The summed E-state index contributed by atoms with van der Waals surface area (Å²) in [5, 5.41) is 2.98. The highest BCUT2D eigenvalue weighted by Crippen LogP contribution is 2.32. The molecule has 0 aliphatic carbocycles. The van der Waals surface area contributed by atoms with Gasteiger partial charge in [-0.25, -0.2) is 18.7 Å². The molecule has 0 saturated heterocycles. The first-order valence-corrected chi connectivity index (χ1v) is 10.2. The van der Waals surface area contributed by atoms with E-state index in [9.17, 15) is 18.4 Å². The number of hydrogen-bond acceptors (Lipinski definition) is 5. The first-order valence-electron chi connectivity index (χ1n) is 10.2. The number of nitrogens with zero attached hydrogens (tertiary/aromatic N) is 5. The van der Waals surface area contributed by atoms with Crippen LogP contribution in [-0.4, -0.2) is 24.3 Å². The lowest BCUT2D eigenvalue weighted by Gasteiger charge is -2.09. The molecule has 5 rings (SSSR count). The van der Waals surface area contributed by atoms with Crippen LogP contribution in [0.4, 0.5) is 14.7 Å². The minimum absolute atomic E-state index is 0.0608. The second-order valence-electron chi connectivity index (χ2n) is 7.66. The van der Waals surface area contributed by atoms with Gasteiger partial charge in [0, 0.05) is 36.6 Å². The van der Waals surface area contributed by atoms with Crippen LogP contribution in [0.5, 0.6) is 0 Å². The number of aryl methyl sites for hydroxylation is 1. The first-order chi connectivity index (χ1) is 16.3. The number of rotatable bonds is 4. The minimum atomic E-state index is -0.582. The Hall–Kier alpha value is -4.67. The lowest BCUT2D eigenvalue weighted by atomic mass is 10.0. The number of hydrogen-bond donors (Lipinski definition) is 2. The van der Waals surface area contributed by atoms with E-state index in [2.05, 4.69) is 15.1 Å². The van der Waals surface area contributed by atoms with Crippen molar-refractivity contribution in [2.75, 3.05) is 5.73 Å². The van der Waals surface area contributed by atoms with Gasteiger partial charge >= 0.3 is 11.6 Å². The van der Waals surface area contributed by atoms with E-state index in [4.69, 9.17) is 5.73 Å². The van der Waals surface area contributed by atoms with Crippen LogP contribution in [0.3, 0.4) is 0 Å². The molecule has 0 saturated carbocycles. The van der Waals surface area contributed by atoms with Crippen LogP contribution in [0, 0.1) is 11.6 Å². The van der Waals surface area contributed by atoms with Crippen molar-refractivity contribution in [2.45, 2.75) is 6.54 Å². The summed E-state index contributed by atoms with van der Waals surface area (Å²) in [5.41, 5.74) is 7.61. The van der Waals surface area contributed by atoms with Crippen molar-refractivity contribution in [3.05, 3.63) is 99.1 Å². The maximum Gasteiger partial charge on any atom is 0.428 e. The number of anilines is 1. The molecule has 0 fully saturated rings. The Morgan fingerprint density at radius 1 is 1.06 bits per heavy atom. The number of fused-ring (bicyclic) bond motifs is 1. The second kappa shape index (κ2) is 8.03. The van der Waals surface area contributed by atoms with E-state index in [1.165, 1.54) is 57.9 Å². The zero-order chi connectivity index (χ0) is 24.0. The summed E-state index contributed by atoms with van der Waals surface area (Å²) < 4.78 is 31.5. The Bertz CT molecular complexity index is 1670. The van der Waals surface area contributed by atoms with Crippen LogP contribution in [0.2, 0.25) is 0 Å². The lowest BCUT2D eigenvalue weighted by molar-refractivity contribution is -0.516. The zero-order valence-corrected chi connectivity index (χ0v) is 17.9. The van der Waals surface area contributed by atoms with Gasteiger partial charge in [-0.15, -0.1) is 9.38 Å². The second-order valence-corrected chi connectivity index (χ2v) is 7.66. The molecule has 4 aromatic heterocycles. The van der Waals surface area contributed by atoms with Gasteiger partial charge in [-0.1, -0.05) is 0 Å². The first kappa shape index (κ1) is 21.2. The topological polar surface area (TPSA) is 116 Å². The van der Waals surface area contributed by atoms with E-state index in [0.29, 0.717) is 22.4 Å². The molecule has 11 heteroatoms. The fourth-order valence-electron chi connectivity index (χ4n) is 3.78. The van der Waals surface area contributed by atoms with Gasteiger partial charge in [-0.2, -0.15) is 4.68 Å². The van der Waals surface area contributed by atoms with E-state index in [1.807, 2.05) is 0 Å². The van der Waals surface area contributed by atoms with Crippen molar-refractivity contribution in [3.63, 3.8) is 0 Å². The summed E-state index contributed by atoms with van der Waals surface area (Å²) in [5.74, 6) is -1.10. The molecular formula is C23H18F2N7O2+. The number of H-pyrrole nitrogens is 1. The number of aromatic amines is 1. The summed E-state index contributed by atoms with van der Waals surface area (Å²) in [6.45, 7) is -0.175. The van der Waals surface area contributed by atoms with Gasteiger partial charge in [0.1, 0.15) is 29.6 Å². The van der Waals surface area contributed by atoms with E-state index < -0.39 is 17.3 Å². The van der Waals surface area contributed by atoms with Crippen molar-refractivity contribution >= 4 is 11.6 Å².